The summed E-state index contributed by atoms with van der Waals surface area (Å²) in [5.74, 6) is 0. The molecule has 0 aromatic heterocycles. The summed E-state index contributed by atoms with van der Waals surface area (Å²) < 4.78 is 38.1. The maximum absolute atomic E-state index is 12.7. The highest BCUT2D eigenvalue weighted by Gasteiger charge is 2.35. The molecule has 0 unspecified atom stereocenters. The van der Waals surface area contributed by atoms with Crippen molar-refractivity contribution in [3.05, 3.63) is 42.0 Å². The molecule has 1 aromatic carbocycles. The van der Waals surface area contributed by atoms with Crippen LogP contribution in [0.2, 0.25) is 0 Å². The van der Waals surface area contributed by atoms with Crippen LogP contribution < -0.4 is 4.90 Å². The van der Waals surface area contributed by atoms with Crippen molar-refractivity contribution in [3.63, 3.8) is 0 Å². The zero-order valence-electron chi connectivity index (χ0n) is 10.2. The second-order valence-corrected chi connectivity index (χ2v) is 4.51. The maximum Gasteiger partial charge on any atom is 0.417 e. The number of anilines is 1. The standard InChI is InChI=1S/C14H13F3N2/c1-2-7-19(11-3-4-11)12-5-6-13(14(15,16)17)10(8-12)9-18/h2,5-6,8,11H,1,3-4,7H2. The van der Waals surface area contributed by atoms with E-state index in [1.807, 2.05) is 4.90 Å². The molecule has 19 heavy (non-hydrogen) atoms. The Balaban J connectivity index is 2.38. The minimum Gasteiger partial charge on any atom is -0.365 e. The molecule has 1 aliphatic rings. The van der Waals surface area contributed by atoms with Crippen molar-refractivity contribution in [1.82, 2.24) is 0 Å². The predicted octanol–water partition coefficient (Wildman–Crippen LogP) is 3.73. The van der Waals surface area contributed by atoms with Gasteiger partial charge in [0.05, 0.1) is 17.2 Å². The summed E-state index contributed by atoms with van der Waals surface area (Å²) in [5, 5.41) is 8.88. The maximum atomic E-state index is 12.7. The van der Waals surface area contributed by atoms with Crippen molar-refractivity contribution in [1.29, 1.82) is 5.26 Å². The fourth-order valence-electron chi connectivity index (χ4n) is 2.04. The van der Waals surface area contributed by atoms with Crippen LogP contribution >= 0.6 is 0 Å². The Morgan fingerprint density at radius 2 is 2.11 bits per heavy atom. The Kier molecular flexibility index (Phi) is 3.52. The van der Waals surface area contributed by atoms with Crippen molar-refractivity contribution in [2.75, 3.05) is 11.4 Å². The zero-order chi connectivity index (χ0) is 14.0. The number of rotatable bonds is 4. The van der Waals surface area contributed by atoms with Crippen LogP contribution in [0.25, 0.3) is 0 Å². The summed E-state index contributed by atoms with van der Waals surface area (Å²) in [6.45, 7) is 4.22. The number of nitriles is 1. The van der Waals surface area contributed by atoms with E-state index in [0.29, 0.717) is 18.3 Å². The first-order chi connectivity index (χ1) is 8.97. The second kappa shape index (κ2) is 4.96. The Morgan fingerprint density at radius 1 is 1.42 bits per heavy atom. The van der Waals surface area contributed by atoms with Gasteiger partial charge in [-0.2, -0.15) is 18.4 Å². The monoisotopic (exact) mass is 266 g/mol. The van der Waals surface area contributed by atoms with E-state index in [0.717, 1.165) is 18.9 Å². The lowest BCUT2D eigenvalue weighted by Crippen LogP contribution is -2.25. The molecular formula is C14H13F3N2. The Hall–Kier alpha value is -1.96. The van der Waals surface area contributed by atoms with Gasteiger partial charge in [-0.1, -0.05) is 6.08 Å². The van der Waals surface area contributed by atoms with Gasteiger partial charge in [-0.25, -0.2) is 0 Å². The average Bonchev–Trinajstić information content (AvgIpc) is 3.18. The molecule has 0 radical (unpaired) electrons. The summed E-state index contributed by atoms with van der Waals surface area (Å²) in [7, 11) is 0. The molecule has 0 bridgehead atoms. The molecule has 5 heteroatoms. The number of hydrogen-bond acceptors (Lipinski definition) is 2. The highest BCUT2D eigenvalue weighted by atomic mass is 19.4. The molecule has 1 aliphatic carbocycles. The molecule has 0 N–H and O–H groups in total. The molecule has 0 saturated heterocycles. The molecule has 100 valence electrons. The molecule has 2 rings (SSSR count). The highest BCUT2D eigenvalue weighted by molar-refractivity contribution is 5.57. The van der Waals surface area contributed by atoms with Crippen LogP contribution in [-0.4, -0.2) is 12.6 Å². The fraction of sp³-hybridized carbons (Fsp3) is 0.357. The van der Waals surface area contributed by atoms with E-state index >= 15 is 0 Å². The smallest absolute Gasteiger partial charge is 0.365 e. The Bertz CT molecular complexity index is 524. The van der Waals surface area contributed by atoms with E-state index in [1.54, 1.807) is 12.1 Å². The van der Waals surface area contributed by atoms with E-state index in [1.165, 1.54) is 12.1 Å². The molecule has 1 aromatic rings. The van der Waals surface area contributed by atoms with Crippen LogP contribution in [0, 0.1) is 11.3 Å². The summed E-state index contributed by atoms with van der Waals surface area (Å²) >= 11 is 0. The number of nitrogens with zero attached hydrogens (tertiary/aromatic N) is 2. The van der Waals surface area contributed by atoms with Gasteiger partial charge >= 0.3 is 6.18 Å². The van der Waals surface area contributed by atoms with Gasteiger partial charge in [0.1, 0.15) is 0 Å². The normalized spacial score (nSPS) is 14.8. The Labute approximate surface area is 109 Å². The molecule has 0 atom stereocenters. The topological polar surface area (TPSA) is 27.0 Å². The SMILES string of the molecule is C=CCN(c1ccc(C(F)(F)F)c(C#N)c1)C1CC1. The van der Waals surface area contributed by atoms with Crippen LogP contribution in [0.1, 0.15) is 24.0 Å². The van der Waals surface area contributed by atoms with E-state index in [4.69, 9.17) is 5.26 Å². The Morgan fingerprint density at radius 3 is 2.58 bits per heavy atom. The minimum absolute atomic E-state index is 0.334. The van der Waals surface area contributed by atoms with Crippen molar-refractivity contribution >= 4 is 5.69 Å². The van der Waals surface area contributed by atoms with Gasteiger partial charge in [-0.05, 0) is 31.0 Å². The lowest BCUT2D eigenvalue weighted by atomic mass is 10.1. The quantitative estimate of drug-likeness (QED) is 0.776. The van der Waals surface area contributed by atoms with Gasteiger partial charge in [0.15, 0.2) is 0 Å². The first-order valence-corrected chi connectivity index (χ1v) is 5.96. The molecule has 0 heterocycles. The van der Waals surface area contributed by atoms with Crippen molar-refractivity contribution < 1.29 is 13.2 Å². The third-order valence-corrected chi connectivity index (χ3v) is 3.07. The van der Waals surface area contributed by atoms with Crippen LogP contribution in [0.5, 0.6) is 0 Å². The number of halogens is 3. The second-order valence-electron chi connectivity index (χ2n) is 4.51. The lowest BCUT2D eigenvalue weighted by molar-refractivity contribution is -0.137. The largest absolute Gasteiger partial charge is 0.417 e. The number of hydrogen-bond donors (Lipinski definition) is 0. The van der Waals surface area contributed by atoms with Crippen LogP contribution in [-0.2, 0) is 6.18 Å². The minimum atomic E-state index is -4.49. The molecule has 1 fully saturated rings. The molecular weight excluding hydrogens is 253 g/mol. The summed E-state index contributed by atoms with van der Waals surface area (Å²) in [6.07, 6.45) is -0.734. The predicted molar refractivity (Wildman–Crippen MR) is 66.7 cm³/mol. The van der Waals surface area contributed by atoms with Gasteiger partial charge < -0.3 is 4.90 Å². The van der Waals surface area contributed by atoms with Crippen LogP contribution in [0.15, 0.2) is 30.9 Å². The van der Waals surface area contributed by atoms with Crippen LogP contribution in [0.3, 0.4) is 0 Å². The molecule has 0 spiro atoms. The van der Waals surface area contributed by atoms with Gasteiger partial charge in [0.2, 0.25) is 0 Å². The summed E-state index contributed by atoms with van der Waals surface area (Å²) in [4.78, 5) is 1.98. The van der Waals surface area contributed by atoms with Gasteiger partial charge in [0, 0.05) is 18.3 Å². The third-order valence-electron chi connectivity index (χ3n) is 3.07. The van der Waals surface area contributed by atoms with Crippen molar-refractivity contribution in [2.45, 2.75) is 25.1 Å². The van der Waals surface area contributed by atoms with Crippen molar-refractivity contribution in [3.8, 4) is 6.07 Å². The zero-order valence-corrected chi connectivity index (χ0v) is 10.2. The molecule has 0 amide bonds. The molecule has 1 saturated carbocycles. The first kappa shape index (κ1) is 13.5. The van der Waals surface area contributed by atoms with E-state index in [9.17, 15) is 13.2 Å². The fourth-order valence-corrected chi connectivity index (χ4v) is 2.04. The summed E-state index contributed by atoms with van der Waals surface area (Å²) in [6, 6.07) is 5.69. The van der Waals surface area contributed by atoms with E-state index in [2.05, 4.69) is 6.58 Å². The number of alkyl halides is 3. The van der Waals surface area contributed by atoms with E-state index in [-0.39, 0.29) is 5.56 Å². The molecule has 0 aliphatic heterocycles. The summed E-state index contributed by atoms with van der Waals surface area (Å²) in [5.41, 5.74) is -0.570. The van der Waals surface area contributed by atoms with E-state index < -0.39 is 11.7 Å². The van der Waals surface area contributed by atoms with Crippen molar-refractivity contribution in [2.24, 2.45) is 0 Å². The lowest BCUT2D eigenvalue weighted by Gasteiger charge is -2.24. The molecule has 2 nitrogen and oxygen atoms in total. The first-order valence-electron chi connectivity index (χ1n) is 5.96. The van der Waals surface area contributed by atoms with Crippen LogP contribution in [0.4, 0.5) is 18.9 Å². The highest BCUT2D eigenvalue weighted by Crippen LogP contribution is 2.36. The average molecular weight is 266 g/mol. The van der Waals surface area contributed by atoms with Gasteiger partial charge in [-0.15, -0.1) is 6.58 Å². The third kappa shape index (κ3) is 2.90. The number of benzene rings is 1. The van der Waals surface area contributed by atoms with Gasteiger partial charge in [-0.3, -0.25) is 0 Å². The van der Waals surface area contributed by atoms with Gasteiger partial charge in [0.25, 0.3) is 0 Å².